The topological polar surface area (TPSA) is 35.2 Å². The molecule has 2 rings (SSSR count). The van der Waals surface area contributed by atoms with Crippen molar-refractivity contribution in [2.75, 3.05) is 13.2 Å². The van der Waals surface area contributed by atoms with E-state index in [1.165, 1.54) is 17.7 Å². The summed E-state index contributed by atoms with van der Waals surface area (Å²) in [6.45, 7) is 1.52. The molecule has 1 unspecified atom stereocenters. The molecule has 1 saturated heterocycles. The lowest BCUT2D eigenvalue weighted by molar-refractivity contribution is -0.0704. The lowest BCUT2D eigenvalue weighted by Gasteiger charge is -2.36. The van der Waals surface area contributed by atoms with Crippen LogP contribution in [0.4, 0.5) is 0 Å². The fraction of sp³-hybridized carbons (Fsp3) is 0.636. The number of hydrogen-bond acceptors (Lipinski definition) is 3. The molecule has 2 nitrogen and oxygen atoms in total. The van der Waals surface area contributed by atoms with Crippen LogP contribution in [0.3, 0.4) is 0 Å². The highest BCUT2D eigenvalue weighted by Crippen LogP contribution is 2.29. The van der Waals surface area contributed by atoms with Crippen LogP contribution in [0.2, 0.25) is 0 Å². The zero-order valence-electron chi connectivity index (χ0n) is 8.37. The van der Waals surface area contributed by atoms with Crippen LogP contribution in [0.25, 0.3) is 0 Å². The number of thiophene rings is 1. The fourth-order valence-electron chi connectivity index (χ4n) is 2.01. The Labute approximate surface area is 89.1 Å². The van der Waals surface area contributed by atoms with Crippen molar-refractivity contribution in [2.45, 2.75) is 31.3 Å². The Morgan fingerprint density at radius 1 is 1.50 bits per heavy atom. The van der Waals surface area contributed by atoms with Crippen molar-refractivity contribution in [3.63, 3.8) is 0 Å². The summed E-state index contributed by atoms with van der Waals surface area (Å²) in [7, 11) is 0. The van der Waals surface area contributed by atoms with Crippen LogP contribution in [-0.4, -0.2) is 18.8 Å². The van der Waals surface area contributed by atoms with Crippen LogP contribution in [0, 0.1) is 0 Å². The Hall–Kier alpha value is -0.380. The summed E-state index contributed by atoms with van der Waals surface area (Å²) in [5.74, 6) is 0. The average Bonchev–Trinajstić information content (AvgIpc) is 2.72. The van der Waals surface area contributed by atoms with E-state index in [9.17, 15) is 0 Å². The Morgan fingerprint density at radius 3 is 3.00 bits per heavy atom. The maximum Gasteiger partial charge on any atom is 0.0852 e. The van der Waals surface area contributed by atoms with Crippen molar-refractivity contribution in [2.24, 2.45) is 5.73 Å². The van der Waals surface area contributed by atoms with Gasteiger partial charge in [0.25, 0.3) is 0 Å². The van der Waals surface area contributed by atoms with Crippen LogP contribution in [0.5, 0.6) is 0 Å². The number of ether oxygens (including phenoxy) is 1. The zero-order valence-corrected chi connectivity index (χ0v) is 9.19. The molecule has 2 heterocycles. The highest BCUT2D eigenvalue weighted by molar-refractivity contribution is 7.09. The molecule has 1 fully saturated rings. The Balaban J connectivity index is 2.04. The van der Waals surface area contributed by atoms with Crippen molar-refractivity contribution in [1.82, 2.24) is 0 Å². The van der Waals surface area contributed by atoms with Gasteiger partial charge in [0.2, 0.25) is 0 Å². The number of nitrogens with two attached hydrogens (primary N) is 1. The summed E-state index contributed by atoms with van der Waals surface area (Å²) in [6, 6.07) is 4.26. The number of hydrogen-bond donors (Lipinski definition) is 1. The Kier molecular flexibility index (Phi) is 3.21. The van der Waals surface area contributed by atoms with E-state index in [-0.39, 0.29) is 5.60 Å². The molecule has 0 saturated carbocycles. The first-order valence-electron chi connectivity index (χ1n) is 5.21. The van der Waals surface area contributed by atoms with Crippen molar-refractivity contribution in [3.05, 3.63) is 22.4 Å². The second-order valence-electron chi connectivity index (χ2n) is 3.95. The predicted octanol–water partition coefficient (Wildman–Crippen LogP) is 2.19. The lowest BCUT2D eigenvalue weighted by atomic mass is 9.90. The van der Waals surface area contributed by atoms with Gasteiger partial charge in [0, 0.05) is 24.4 Å². The first-order chi connectivity index (χ1) is 6.85. The van der Waals surface area contributed by atoms with Crippen molar-refractivity contribution >= 4 is 11.3 Å². The average molecular weight is 211 g/mol. The molecule has 0 aromatic carbocycles. The van der Waals surface area contributed by atoms with E-state index in [1.54, 1.807) is 11.3 Å². The van der Waals surface area contributed by atoms with E-state index in [2.05, 4.69) is 17.5 Å². The third kappa shape index (κ3) is 2.16. The van der Waals surface area contributed by atoms with E-state index in [4.69, 9.17) is 10.5 Å². The first kappa shape index (κ1) is 10.1. The van der Waals surface area contributed by atoms with Gasteiger partial charge >= 0.3 is 0 Å². The SMILES string of the molecule is NCC1(Cc2cccs2)CCCCO1. The smallest absolute Gasteiger partial charge is 0.0852 e. The normalized spacial score (nSPS) is 27.8. The van der Waals surface area contributed by atoms with Gasteiger partial charge in [-0.2, -0.15) is 0 Å². The summed E-state index contributed by atoms with van der Waals surface area (Å²) in [4.78, 5) is 1.39. The summed E-state index contributed by atoms with van der Waals surface area (Å²) in [5.41, 5.74) is 5.77. The van der Waals surface area contributed by atoms with E-state index < -0.39 is 0 Å². The minimum Gasteiger partial charge on any atom is -0.373 e. The maximum absolute atomic E-state index is 5.87. The van der Waals surface area contributed by atoms with E-state index in [1.807, 2.05) is 0 Å². The lowest BCUT2D eigenvalue weighted by Crippen LogP contribution is -2.45. The molecular weight excluding hydrogens is 194 g/mol. The largest absolute Gasteiger partial charge is 0.373 e. The molecule has 3 heteroatoms. The quantitative estimate of drug-likeness (QED) is 0.831. The molecule has 1 aromatic heterocycles. The summed E-state index contributed by atoms with van der Waals surface area (Å²) < 4.78 is 5.87. The second kappa shape index (κ2) is 4.43. The number of rotatable bonds is 3. The first-order valence-corrected chi connectivity index (χ1v) is 6.09. The fourth-order valence-corrected chi connectivity index (χ4v) is 2.85. The standard InChI is InChI=1S/C11H17NOS/c12-9-11(5-1-2-6-13-11)8-10-4-3-7-14-10/h3-4,7H,1-2,5-6,8-9,12H2. The second-order valence-corrected chi connectivity index (χ2v) is 4.98. The predicted molar refractivity (Wildman–Crippen MR) is 59.6 cm³/mol. The van der Waals surface area contributed by atoms with Gasteiger partial charge in [-0.1, -0.05) is 6.07 Å². The van der Waals surface area contributed by atoms with Gasteiger partial charge in [0.05, 0.1) is 5.60 Å². The molecule has 1 aromatic rings. The molecule has 2 N–H and O–H groups in total. The Bertz CT molecular complexity index is 265. The van der Waals surface area contributed by atoms with Gasteiger partial charge in [-0.05, 0) is 30.7 Å². The van der Waals surface area contributed by atoms with Gasteiger partial charge in [-0.15, -0.1) is 11.3 Å². The molecule has 0 bridgehead atoms. The van der Waals surface area contributed by atoms with Crippen LogP contribution < -0.4 is 5.73 Å². The summed E-state index contributed by atoms with van der Waals surface area (Å²) >= 11 is 1.79. The van der Waals surface area contributed by atoms with Crippen LogP contribution in [0.1, 0.15) is 24.1 Å². The van der Waals surface area contributed by atoms with Crippen LogP contribution >= 0.6 is 11.3 Å². The van der Waals surface area contributed by atoms with Gasteiger partial charge in [0.1, 0.15) is 0 Å². The molecule has 14 heavy (non-hydrogen) atoms. The maximum atomic E-state index is 5.87. The molecular formula is C11H17NOS. The third-order valence-electron chi connectivity index (χ3n) is 2.88. The van der Waals surface area contributed by atoms with Crippen LogP contribution in [-0.2, 0) is 11.2 Å². The van der Waals surface area contributed by atoms with E-state index >= 15 is 0 Å². The summed E-state index contributed by atoms with van der Waals surface area (Å²) in [6.07, 6.45) is 4.54. The van der Waals surface area contributed by atoms with Gasteiger partial charge < -0.3 is 10.5 Å². The molecule has 0 radical (unpaired) electrons. The van der Waals surface area contributed by atoms with Crippen LogP contribution in [0.15, 0.2) is 17.5 Å². The highest BCUT2D eigenvalue weighted by atomic mass is 32.1. The highest BCUT2D eigenvalue weighted by Gasteiger charge is 2.32. The van der Waals surface area contributed by atoms with Gasteiger partial charge in [-0.25, -0.2) is 0 Å². The molecule has 1 atom stereocenters. The molecule has 0 amide bonds. The zero-order chi connectivity index (χ0) is 9.86. The molecule has 1 aliphatic rings. The molecule has 1 aliphatic heterocycles. The molecule has 78 valence electrons. The minimum atomic E-state index is -0.0664. The van der Waals surface area contributed by atoms with Crippen molar-refractivity contribution in [1.29, 1.82) is 0 Å². The van der Waals surface area contributed by atoms with Crippen molar-refractivity contribution in [3.8, 4) is 0 Å². The van der Waals surface area contributed by atoms with Gasteiger partial charge in [0.15, 0.2) is 0 Å². The third-order valence-corrected chi connectivity index (χ3v) is 3.76. The minimum absolute atomic E-state index is 0.0664. The van der Waals surface area contributed by atoms with E-state index in [0.29, 0.717) is 6.54 Å². The van der Waals surface area contributed by atoms with Gasteiger partial charge in [-0.3, -0.25) is 0 Å². The van der Waals surface area contributed by atoms with Crippen molar-refractivity contribution < 1.29 is 4.74 Å². The molecule has 0 aliphatic carbocycles. The monoisotopic (exact) mass is 211 g/mol. The Morgan fingerprint density at radius 2 is 2.43 bits per heavy atom. The summed E-state index contributed by atoms with van der Waals surface area (Å²) in [5, 5.41) is 2.11. The van der Waals surface area contributed by atoms with E-state index in [0.717, 1.165) is 19.4 Å². The molecule has 0 spiro atoms.